The normalized spacial score (nSPS) is 13.0. The van der Waals surface area contributed by atoms with Crippen molar-refractivity contribution in [1.29, 1.82) is 0 Å². The van der Waals surface area contributed by atoms with E-state index in [9.17, 15) is 8.78 Å². The Morgan fingerprint density at radius 1 is 1.28 bits per heavy atom. The Labute approximate surface area is 111 Å². The Bertz CT molecular complexity index is 495. The molecule has 0 aliphatic carbocycles. The van der Waals surface area contributed by atoms with Crippen LogP contribution in [0.15, 0.2) is 16.2 Å². The summed E-state index contributed by atoms with van der Waals surface area (Å²) in [6.45, 7) is 4.36. The Kier molecular flexibility index (Phi) is 5.24. The smallest absolute Gasteiger partial charge is 0.270 e. The second-order valence-corrected chi connectivity index (χ2v) is 3.62. The second kappa shape index (κ2) is 6.46. The SMILES string of the molecule is C=N/C=C(\N=C(/C)C(F)F)c1nc(Cl)nc(Cl)n1. The zero-order valence-electron chi connectivity index (χ0n) is 9.11. The first-order valence-corrected chi connectivity index (χ1v) is 5.26. The molecule has 0 N–H and O–H groups in total. The number of hydrogen-bond acceptors (Lipinski definition) is 5. The van der Waals surface area contributed by atoms with Gasteiger partial charge >= 0.3 is 0 Å². The number of alkyl halides is 2. The fraction of sp³-hybridized carbons (Fsp3) is 0.222. The minimum atomic E-state index is -2.70. The summed E-state index contributed by atoms with van der Waals surface area (Å²) in [4.78, 5) is 18.0. The molecule has 1 heterocycles. The van der Waals surface area contributed by atoms with Gasteiger partial charge in [-0.2, -0.15) is 15.0 Å². The number of aromatic nitrogens is 3. The number of nitrogens with zero attached hydrogens (tertiary/aromatic N) is 5. The Morgan fingerprint density at radius 2 is 1.83 bits per heavy atom. The molecule has 0 spiro atoms. The minimum absolute atomic E-state index is 0.0333. The van der Waals surface area contributed by atoms with Crippen molar-refractivity contribution in [2.24, 2.45) is 9.98 Å². The maximum atomic E-state index is 12.4. The third kappa shape index (κ3) is 4.08. The summed E-state index contributed by atoms with van der Waals surface area (Å²) in [7, 11) is 0. The van der Waals surface area contributed by atoms with Gasteiger partial charge in [0.15, 0.2) is 5.82 Å². The molecule has 0 aromatic carbocycles. The van der Waals surface area contributed by atoms with Crippen molar-refractivity contribution in [3.63, 3.8) is 0 Å². The quantitative estimate of drug-likeness (QED) is 0.802. The standard InChI is InChI=1S/C9H7Cl2F2N5/c1-4(6(12)13)15-5(3-14-2)7-16-8(10)18-9(11)17-7/h3,6H,2H2,1H3/b5-3-,15-4+. The predicted octanol–water partition coefficient (Wildman–Crippen LogP) is 2.90. The van der Waals surface area contributed by atoms with Gasteiger partial charge in [-0.05, 0) is 36.8 Å². The van der Waals surface area contributed by atoms with Crippen LogP contribution in [0.5, 0.6) is 0 Å². The van der Waals surface area contributed by atoms with Gasteiger partial charge in [0, 0.05) is 0 Å². The second-order valence-electron chi connectivity index (χ2n) is 2.95. The average molecular weight is 294 g/mol. The lowest BCUT2D eigenvalue weighted by Gasteiger charge is -2.03. The molecule has 0 atom stereocenters. The molecular weight excluding hydrogens is 287 g/mol. The molecule has 0 fully saturated rings. The average Bonchev–Trinajstić information content (AvgIpc) is 2.26. The van der Waals surface area contributed by atoms with Gasteiger partial charge in [-0.1, -0.05) is 0 Å². The number of hydrogen-bond donors (Lipinski definition) is 0. The summed E-state index contributed by atoms with van der Waals surface area (Å²) in [5.41, 5.74) is -0.452. The zero-order valence-corrected chi connectivity index (χ0v) is 10.6. The van der Waals surface area contributed by atoms with Crippen molar-refractivity contribution < 1.29 is 8.78 Å². The van der Waals surface area contributed by atoms with Gasteiger partial charge < -0.3 is 0 Å². The van der Waals surface area contributed by atoms with Crippen molar-refractivity contribution in [1.82, 2.24) is 15.0 Å². The first-order valence-electron chi connectivity index (χ1n) is 4.51. The number of rotatable bonds is 4. The number of aliphatic imine (C=N–C) groups is 2. The molecule has 0 saturated carbocycles. The van der Waals surface area contributed by atoms with Crippen LogP contribution in [-0.4, -0.2) is 33.8 Å². The Balaban J connectivity index is 3.25. The van der Waals surface area contributed by atoms with Gasteiger partial charge in [-0.15, -0.1) is 0 Å². The highest BCUT2D eigenvalue weighted by Crippen LogP contribution is 2.16. The predicted molar refractivity (Wildman–Crippen MR) is 66.5 cm³/mol. The van der Waals surface area contributed by atoms with E-state index < -0.39 is 12.1 Å². The molecule has 9 heteroatoms. The molecule has 1 rings (SSSR count). The highest BCUT2D eigenvalue weighted by atomic mass is 35.5. The molecule has 0 aliphatic rings. The topological polar surface area (TPSA) is 63.4 Å². The molecule has 5 nitrogen and oxygen atoms in total. The van der Waals surface area contributed by atoms with Crippen molar-refractivity contribution in [2.75, 3.05) is 0 Å². The third-order valence-corrected chi connectivity index (χ3v) is 1.97. The van der Waals surface area contributed by atoms with Crippen molar-refractivity contribution in [3.8, 4) is 0 Å². The summed E-state index contributed by atoms with van der Waals surface area (Å²) in [5, 5.41) is -0.352. The Morgan fingerprint density at radius 3 is 2.28 bits per heavy atom. The maximum absolute atomic E-state index is 12.4. The summed E-state index contributed by atoms with van der Waals surface area (Å²) in [5.74, 6) is -0.0626. The first kappa shape index (κ1) is 14.6. The molecule has 0 saturated heterocycles. The van der Waals surface area contributed by atoms with Crippen LogP contribution in [0.3, 0.4) is 0 Å². The minimum Gasteiger partial charge on any atom is -0.270 e. The summed E-state index contributed by atoms with van der Waals surface area (Å²) < 4.78 is 24.8. The molecule has 0 bridgehead atoms. The number of halogens is 4. The van der Waals surface area contributed by atoms with Crippen LogP contribution >= 0.6 is 23.2 Å². The van der Waals surface area contributed by atoms with E-state index in [1.807, 2.05) is 0 Å². The molecule has 0 unspecified atom stereocenters. The molecule has 96 valence electrons. The van der Waals surface area contributed by atoms with Crippen molar-refractivity contribution in [3.05, 3.63) is 22.6 Å². The van der Waals surface area contributed by atoms with Gasteiger partial charge in [0.25, 0.3) is 6.43 Å². The van der Waals surface area contributed by atoms with E-state index >= 15 is 0 Å². The molecule has 0 radical (unpaired) electrons. The summed E-state index contributed by atoms with van der Waals surface area (Å²) >= 11 is 11.2. The van der Waals surface area contributed by atoms with E-state index in [4.69, 9.17) is 23.2 Å². The lowest BCUT2D eigenvalue weighted by atomic mass is 10.4. The van der Waals surface area contributed by atoms with Crippen LogP contribution < -0.4 is 0 Å². The first-order chi connectivity index (χ1) is 8.43. The van der Waals surface area contributed by atoms with Crippen LogP contribution in [-0.2, 0) is 0 Å². The van der Waals surface area contributed by atoms with E-state index in [0.29, 0.717) is 0 Å². The van der Waals surface area contributed by atoms with Gasteiger partial charge in [-0.3, -0.25) is 4.99 Å². The van der Waals surface area contributed by atoms with Crippen molar-refractivity contribution in [2.45, 2.75) is 13.3 Å². The maximum Gasteiger partial charge on any atom is 0.276 e. The fourth-order valence-electron chi connectivity index (χ4n) is 0.902. The monoisotopic (exact) mass is 293 g/mol. The van der Waals surface area contributed by atoms with E-state index in [2.05, 4.69) is 31.7 Å². The van der Waals surface area contributed by atoms with Crippen LogP contribution in [0.4, 0.5) is 8.78 Å². The summed E-state index contributed by atoms with van der Waals surface area (Å²) in [6, 6.07) is 0. The van der Waals surface area contributed by atoms with Gasteiger partial charge in [-0.25, -0.2) is 13.8 Å². The molecule has 18 heavy (non-hydrogen) atoms. The van der Waals surface area contributed by atoms with E-state index in [1.54, 1.807) is 0 Å². The van der Waals surface area contributed by atoms with Crippen molar-refractivity contribution >= 4 is 41.3 Å². The molecular formula is C9H7Cl2F2N5. The van der Waals surface area contributed by atoms with E-state index in [-0.39, 0.29) is 22.1 Å². The lowest BCUT2D eigenvalue weighted by molar-refractivity contribution is 0.225. The van der Waals surface area contributed by atoms with E-state index in [0.717, 1.165) is 13.1 Å². The zero-order chi connectivity index (χ0) is 13.7. The third-order valence-electron chi connectivity index (χ3n) is 1.64. The van der Waals surface area contributed by atoms with Gasteiger partial charge in [0.2, 0.25) is 10.6 Å². The van der Waals surface area contributed by atoms with Crippen LogP contribution in [0.1, 0.15) is 12.7 Å². The summed E-state index contributed by atoms with van der Waals surface area (Å²) in [6.07, 6.45) is -1.58. The molecule has 0 amide bonds. The molecule has 1 aromatic rings. The molecule has 0 aliphatic heterocycles. The van der Waals surface area contributed by atoms with Gasteiger partial charge in [0.05, 0.1) is 11.9 Å². The van der Waals surface area contributed by atoms with Crippen LogP contribution in [0.2, 0.25) is 10.6 Å². The fourth-order valence-corrected chi connectivity index (χ4v) is 1.27. The highest BCUT2D eigenvalue weighted by Gasteiger charge is 2.12. The highest BCUT2D eigenvalue weighted by molar-refractivity contribution is 6.31. The van der Waals surface area contributed by atoms with E-state index in [1.165, 1.54) is 0 Å². The lowest BCUT2D eigenvalue weighted by Crippen LogP contribution is -2.06. The molecule has 1 aromatic heterocycles. The Hall–Kier alpha value is -1.47. The van der Waals surface area contributed by atoms with Crippen LogP contribution in [0.25, 0.3) is 5.70 Å². The van der Waals surface area contributed by atoms with Gasteiger partial charge in [0.1, 0.15) is 5.70 Å². The largest absolute Gasteiger partial charge is 0.276 e. The van der Waals surface area contributed by atoms with Crippen LogP contribution in [0, 0.1) is 0 Å².